The van der Waals surface area contributed by atoms with Crippen LogP contribution in [0.3, 0.4) is 0 Å². The first-order valence-electron chi connectivity index (χ1n) is 5.12. The third-order valence-corrected chi connectivity index (χ3v) is 3.90. The quantitative estimate of drug-likeness (QED) is 0.622. The van der Waals surface area contributed by atoms with Gasteiger partial charge in [-0.05, 0) is 41.1 Å². The van der Waals surface area contributed by atoms with Crippen LogP contribution in [0.1, 0.15) is 16.1 Å². The number of furan rings is 1. The van der Waals surface area contributed by atoms with Crippen LogP contribution in [0.5, 0.6) is 0 Å². The fraction of sp³-hybridized carbons (Fsp3) is 0.154. The molecule has 0 unspecified atom stereocenters. The van der Waals surface area contributed by atoms with Gasteiger partial charge in [0.25, 0.3) is 0 Å². The van der Waals surface area contributed by atoms with Crippen LogP contribution >= 0.6 is 27.7 Å². The van der Waals surface area contributed by atoms with Crippen molar-refractivity contribution in [1.82, 2.24) is 0 Å². The second-order valence-electron chi connectivity index (χ2n) is 3.62. The third kappa shape index (κ3) is 3.23. The molecular weight excluding hydrogens is 300 g/mol. The van der Waals surface area contributed by atoms with Gasteiger partial charge in [0.1, 0.15) is 0 Å². The number of Topliss-reactive ketones (excluding diaryl/α,β-unsaturated/α-hetero) is 1. The molecule has 1 aromatic heterocycles. The average Bonchev–Trinajstić information content (AvgIpc) is 2.74. The maximum Gasteiger partial charge on any atom is 0.209 e. The first-order valence-corrected chi connectivity index (χ1v) is 6.90. The Morgan fingerprint density at radius 3 is 2.59 bits per heavy atom. The van der Waals surface area contributed by atoms with Crippen LogP contribution < -0.4 is 0 Å². The number of halogens is 1. The molecule has 0 N–H and O–H groups in total. The Hall–Kier alpha value is -1.00. The minimum absolute atomic E-state index is 0.00699. The second kappa shape index (κ2) is 5.56. The molecule has 2 nitrogen and oxygen atoms in total. The summed E-state index contributed by atoms with van der Waals surface area (Å²) < 4.78 is 5.84. The van der Waals surface area contributed by atoms with Crippen LogP contribution in [0.15, 0.2) is 50.4 Å². The lowest BCUT2D eigenvalue weighted by Gasteiger charge is -2.00. The summed E-state index contributed by atoms with van der Waals surface area (Å²) in [7, 11) is 0. The minimum atomic E-state index is -0.00699. The van der Waals surface area contributed by atoms with Gasteiger partial charge in [-0.3, -0.25) is 4.79 Å². The number of rotatable bonds is 4. The van der Waals surface area contributed by atoms with Gasteiger partial charge in [-0.15, -0.1) is 11.8 Å². The first-order chi connectivity index (χ1) is 8.16. The molecule has 88 valence electrons. The molecule has 17 heavy (non-hydrogen) atoms. The Balaban J connectivity index is 1.97. The van der Waals surface area contributed by atoms with Crippen LogP contribution in [0.2, 0.25) is 0 Å². The first kappa shape index (κ1) is 12.5. The molecule has 1 aromatic carbocycles. The smallest absolute Gasteiger partial charge is 0.209 e. The highest BCUT2D eigenvalue weighted by Crippen LogP contribution is 2.23. The topological polar surface area (TPSA) is 30.2 Å². The van der Waals surface area contributed by atoms with E-state index in [0.717, 1.165) is 4.90 Å². The van der Waals surface area contributed by atoms with E-state index in [0.29, 0.717) is 16.0 Å². The normalized spacial score (nSPS) is 10.5. The van der Waals surface area contributed by atoms with Crippen molar-refractivity contribution >= 4 is 33.5 Å². The number of ketones is 1. The van der Waals surface area contributed by atoms with Crippen LogP contribution in [0.4, 0.5) is 0 Å². The summed E-state index contributed by atoms with van der Waals surface area (Å²) in [6.45, 7) is 2.04. The van der Waals surface area contributed by atoms with Crippen LogP contribution in [-0.4, -0.2) is 11.5 Å². The molecule has 0 saturated carbocycles. The lowest BCUT2D eigenvalue weighted by molar-refractivity contribution is 0.0991. The molecule has 0 bridgehead atoms. The van der Waals surface area contributed by atoms with Crippen molar-refractivity contribution in [2.45, 2.75) is 11.8 Å². The van der Waals surface area contributed by atoms with Crippen molar-refractivity contribution in [3.05, 3.63) is 52.4 Å². The van der Waals surface area contributed by atoms with Crippen molar-refractivity contribution in [2.24, 2.45) is 0 Å². The van der Waals surface area contributed by atoms with E-state index in [1.165, 1.54) is 23.6 Å². The Morgan fingerprint density at radius 1 is 1.29 bits per heavy atom. The molecule has 0 fully saturated rings. The zero-order valence-corrected chi connectivity index (χ0v) is 11.7. The molecule has 2 rings (SSSR count). The van der Waals surface area contributed by atoms with Crippen molar-refractivity contribution in [3.63, 3.8) is 0 Å². The summed E-state index contributed by atoms with van der Waals surface area (Å²) in [6.07, 6.45) is 1.51. The molecule has 0 aliphatic carbocycles. The molecule has 0 saturated heterocycles. The molecular formula is C13H11BrO2S. The number of carbonyl (C=O) groups excluding carboxylic acids is 1. The predicted octanol–water partition coefficient (Wildman–Crippen LogP) is 4.33. The predicted molar refractivity (Wildman–Crippen MR) is 72.6 cm³/mol. The van der Waals surface area contributed by atoms with Crippen LogP contribution in [0.25, 0.3) is 0 Å². The van der Waals surface area contributed by atoms with Gasteiger partial charge >= 0.3 is 0 Å². The van der Waals surface area contributed by atoms with Crippen molar-refractivity contribution in [2.75, 3.05) is 5.75 Å². The summed E-state index contributed by atoms with van der Waals surface area (Å²) in [5.74, 6) is 0.770. The Labute approximate surface area is 113 Å². The minimum Gasteiger partial charge on any atom is -0.460 e. The van der Waals surface area contributed by atoms with Gasteiger partial charge in [0.05, 0.1) is 16.5 Å². The van der Waals surface area contributed by atoms with Gasteiger partial charge in [0, 0.05) is 4.90 Å². The van der Waals surface area contributed by atoms with Gasteiger partial charge in [-0.1, -0.05) is 17.7 Å². The number of hydrogen-bond donors (Lipinski definition) is 0. The number of benzene rings is 1. The van der Waals surface area contributed by atoms with Crippen molar-refractivity contribution in [1.29, 1.82) is 0 Å². The highest BCUT2D eigenvalue weighted by atomic mass is 79.9. The van der Waals surface area contributed by atoms with E-state index in [-0.39, 0.29) is 5.78 Å². The maximum absolute atomic E-state index is 11.8. The number of aryl methyl sites for hydroxylation is 1. The van der Waals surface area contributed by atoms with E-state index < -0.39 is 0 Å². The fourth-order valence-corrected chi connectivity index (χ4v) is 2.52. The second-order valence-corrected chi connectivity index (χ2v) is 5.53. The standard InChI is InChI=1S/C13H11BrO2S/c1-9-2-4-10(5-3-9)17-8-12(15)13-11(14)6-7-16-13/h2-7H,8H2,1H3. The molecule has 2 aromatic rings. The summed E-state index contributed by atoms with van der Waals surface area (Å²) in [5, 5.41) is 0. The summed E-state index contributed by atoms with van der Waals surface area (Å²) in [6, 6.07) is 9.84. The zero-order valence-electron chi connectivity index (χ0n) is 9.27. The van der Waals surface area contributed by atoms with Crippen molar-refractivity contribution in [3.8, 4) is 0 Å². The van der Waals surface area contributed by atoms with Gasteiger partial charge in [0.2, 0.25) is 5.78 Å². The van der Waals surface area contributed by atoms with E-state index in [9.17, 15) is 4.79 Å². The molecule has 4 heteroatoms. The van der Waals surface area contributed by atoms with Crippen LogP contribution in [0, 0.1) is 6.92 Å². The molecule has 0 aliphatic rings. The van der Waals surface area contributed by atoms with Gasteiger partial charge < -0.3 is 4.42 Å². The van der Waals surface area contributed by atoms with E-state index in [4.69, 9.17) is 4.42 Å². The number of hydrogen-bond acceptors (Lipinski definition) is 3. The highest BCUT2D eigenvalue weighted by Gasteiger charge is 2.13. The fourth-order valence-electron chi connectivity index (χ4n) is 1.34. The highest BCUT2D eigenvalue weighted by molar-refractivity contribution is 9.10. The largest absolute Gasteiger partial charge is 0.460 e. The van der Waals surface area contributed by atoms with Gasteiger partial charge in [0.15, 0.2) is 5.76 Å². The molecule has 0 spiro atoms. The molecule has 0 atom stereocenters. The maximum atomic E-state index is 11.8. The van der Waals surface area contributed by atoms with Crippen LogP contribution in [-0.2, 0) is 0 Å². The average molecular weight is 311 g/mol. The van der Waals surface area contributed by atoms with E-state index in [2.05, 4.69) is 15.9 Å². The number of carbonyl (C=O) groups is 1. The molecule has 0 amide bonds. The lowest BCUT2D eigenvalue weighted by atomic mass is 10.2. The molecule has 1 heterocycles. The Bertz CT molecular complexity index is 516. The summed E-state index contributed by atoms with van der Waals surface area (Å²) in [4.78, 5) is 12.9. The van der Waals surface area contributed by atoms with E-state index in [1.54, 1.807) is 6.07 Å². The summed E-state index contributed by atoms with van der Waals surface area (Å²) in [5.41, 5.74) is 1.22. The van der Waals surface area contributed by atoms with E-state index >= 15 is 0 Å². The molecule has 0 radical (unpaired) electrons. The molecule has 0 aliphatic heterocycles. The summed E-state index contributed by atoms with van der Waals surface area (Å²) >= 11 is 4.79. The Morgan fingerprint density at radius 2 is 2.00 bits per heavy atom. The van der Waals surface area contributed by atoms with Gasteiger partial charge in [-0.2, -0.15) is 0 Å². The van der Waals surface area contributed by atoms with E-state index in [1.807, 2.05) is 31.2 Å². The van der Waals surface area contributed by atoms with Crippen molar-refractivity contribution < 1.29 is 9.21 Å². The SMILES string of the molecule is Cc1ccc(SCC(=O)c2occc2Br)cc1. The number of thioether (sulfide) groups is 1. The lowest BCUT2D eigenvalue weighted by Crippen LogP contribution is -2.01. The van der Waals surface area contributed by atoms with Gasteiger partial charge in [-0.25, -0.2) is 0 Å². The third-order valence-electron chi connectivity index (χ3n) is 2.26. The zero-order chi connectivity index (χ0) is 12.3. The monoisotopic (exact) mass is 310 g/mol. The Kier molecular flexibility index (Phi) is 4.07.